The van der Waals surface area contributed by atoms with Crippen LogP contribution >= 0.6 is 0 Å². The fraction of sp³-hybridized carbons (Fsp3) is 0.0645. The summed E-state index contributed by atoms with van der Waals surface area (Å²) in [5.74, 6) is 1.41. The third-order valence-corrected chi connectivity index (χ3v) is 6.42. The molecule has 2 heterocycles. The summed E-state index contributed by atoms with van der Waals surface area (Å²) >= 11 is 0. The van der Waals surface area contributed by atoms with Gasteiger partial charge >= 0.3 is 0 Å². The van der Waals surface area contributed by atoms with Crippen LogP contribution in [0.25, 0.3) is 5.57 Å². The van der Waals surface area contributed by atoms with Gasteiger partial charge in [-0.05, 0) is 59.7 Å². The van der Waals surface area contributed by atoms with Gasteiger partial charge in [0, 0.05) is 29.6 Å². The first kappa shape index (κ1) is 21.0. The van der Waals surface area contributed by atoms with Crippen LogP contribution in [0.4, 0.5) is 11.4 Å². The highest BCUT2D eigenvalue weighted by atomic mass is 16.5. The number of fused-ring (bicyclic) bond motifs is 2. The van der Waals surface area contributed by atoms with Crippen LogP contribution in [-0.2, 0) is 6.54 Å². The molecule has 0 atom stereocenters. The molecular weight excluding hydrogens is 432 g/mol. The van der Waals surface area contributed by atoms with Crippen LogP contribution in [0.5, 0.6) is 11.5 Å². The van der Waals surface area contributed by atoms with Crippen molar-refractivity contribution in [2.24, 2.45) is 0 Å². The lowest BCUT2D eigenvalue weighted by Crippen LogP contribution is -2.30. The highest BCUT2D eigenvalue weighted by molar-refractivity contribution is 6.07. The normalized spacial score (nSPS) is 14.3. The number of hydrogen-bond donors (Lipinski definition) is 0. The number of rotatable bonds is 3. The first-order valence-electron chi connectivity index (χ1n) is 11.7. The summed E-state index contributed by atoms with van der Waals surface area (Å²) in [5.41, 5.74) is 5.88. The van der Waals surface area contributed by atoms with E-state index in [2.05, 4.69) is 47.5 Å². The summed E-state index contributed by atoms with van der Waals surface area (Å²) in [4.78, 5) is 17.6. The molecule has 1 amide bonds. The Labute approximate surface area is 205 Å². The number of ether oxygens (including phenoxy) is 1. The van der Waals surface area contributed by atoms with Gasteiger partial charge in [0.1, 0.15) is 5.75 Å². The Morgan fingerprint density at radius 1 is 0.743 bits per heavy atom. The molecule has 0 aromatic heterocycles. The van der Waals surface area contributed by atoms with Gasteiger partial charge in [-0.1, -0.05) is 66.7 Å². The minimum atomic E-state index is -0.0512. The van der Waals surface area contributed by atoms with Crippen molar-refractivity contribution in [1.82, 2.24) is 0 Å². The zero-order chi connectivity index (χ0) is 23.6. The Balaban J connectivity index is 1.23. The van der Waals surface area contributed by atoms with E-state index in [0.29, 0.717) is 17.9 Å². The van der Waals surface area contributed by atoms with E-state index >= 15 is 0 Å². The highest BCUT2D eigenvalue weighted by Crippen LogP contribution is 2.39. The molecule has 6 rings (SSSR count). The van der Waals surface area contributed by atoms with Crippen molar-refractivity contribution in [3.63, 3.8) is 0 Å². The van der Waals surface area contributed by atoms with E-state index < -0.39 is 0 Å². The fourth-order valence-corrected chi connectivity index (χ4v) is 4.54. The number of hydrogen-bond acceptors (Lipinski definition) is 3. The smallest absolute Gasteiger partial charge is 0.258 e. The van der Waals surface area contributed by atoms with Crippen LogP contribution in [-0.4, -0.2) is 12.5 Å². The second-order valence-corrected chi connectivity index (χ2v) is 8.61. The quantitative estimate of drug-likeness (QED) is 0.331. The molecule has 0 spiro atoms. The minimum absolute atomic E-state index is 0.0512. The predicted molar refractivity (Wildman–Crippen MR) is 141 cm³/mol. The number of amides is 1. The molecule has 4 heteroatoms. The number of carbonyl (C=O) groups is 1. The van der Waals surface area contributed by atoms with Gasteiger partial charge in [0.25, 0.3) is 5.91 Å². The molecule has 0 saturated heterocycles. The Bertz CT molecular complexity index is 1440. The molecule has 170 valence electrons. The molecule has 4 aromatic rings. The van der Waals surface area contributed by atoms with Gasteiger partial charge in [-0.2, -0.15) is 0 Å². The van der Waals surface area contributed by atoms with Gasteiger partial charge in [-0.25, -0.2) is 0 Å². The van der Waals surface area contributed by atoms with Crippen LogP contribution in [0.3, 0.4) is 0 Å². The van der Waals surface area contributed by atoms with Crippen molar-refractivity contribution >= 4 is 22.9 Å². The maximum absolute atomic E-state index is 13.6. The number of allylic oxidation sites excluding steroid dienone is 2. The lowest BCUT2D eigenvalue weighted by atomic mass is 10.0. The largest absolute Gasteiger partial charge is 0.455 e. The number of carbonyl (C=O) groups excluding carboxylic acids is 1. The van der Waals surface area contributed by atoms with Crippen LogP contribution in [0.15, 0.2) is 121 Å². The summed E-state index contributed by atoms with van der Waals surface area (Å²) in [5, 5.41) is 0. The van der Waals surface area contributed by atoms with Gasteiger partial charge in [-0.15, -0.1) is 0 Å². The maximum atomic E-state index is 13.6. The van der Waals surface area contributed by atoms with E-state index in [1.807, 2.05) is 78.9 Å². The summed E-state index contributed by atoms with van der Waals surface area (Å²) in [6.45, 7) is 1.23. The van der Waals surface area contributed by atoms with E-state index in [1.165, 1.54) is 11.1 Å². The van der Waals surface area contributed by atoms with Gasteiger partial charge in [0.15, 0.2) is 5.75 Å². The average molecular weight is 457 g/mol. The van der Waals surface area contributed by atoms with E-state index in [4.69, 9.17) is 4.74 Å². The Morgan fingerprint density at radius 3 is 2.23 bits per heavy atom. The molecule has 0 N–H and O–H groups in total. The number of anilines is 2. The minimum Gasteiger partial charge on any atom is -0.455 e. The molecular formula is C31H24N2O2. The summed E-state index contributed by atoms with van der Waals surface area (Å²) < 4.78 is 6.14. The van der Waals surface area contributed by atoms with Crippen molar-refractivity contribution in [2.75, 3.05) is 16.3 Å². The Hall–Kier alpha value is -4.57. The maximum Gasteiger partial charge on any atom is 0.258 e. The first-order chi connectivity index (χ1) is 17.3. The van der Waals surface area contributed by atoms with Crippen molar-refractivity contribution in [2.45, 2.75) is 6.54 Å². The molecule has 4 aromatic carbocycles. The van der Waals surface area contributed by atoms with Crippen LogP contribution in [0.1, 0.15) is 21.5 Å². The molecule has 35 heavy (non-hydrogen) atoms. The van der Waals surface area contributed by atoms with E-state index in [-0.39, 0.29) is 5.91 Å². The van der Waals surface area contributed by atoms with Crippen LogP contribution < -0.4 is 14.5 Å². The Kier molecular flexibility index (Phi) is 5.39. The first-order valence-corrected chi connectivity index (χ1v) is 11.7. The zero-order valence-corrected chi connectivity index (χ0v) is 19.2. The molecule has 2 aliphatic rings. The van der Waals surface area contributed by atoms with Crippen molar-refractivity contribution in [1.29, 1.82) is 0 Å². The highest BCUT2D eigenvalue weighted by Gasteiger charge is 2.26. The lowest BCUT2D eigenvalue weighted by Gasteiger charge is -2.24. The second-order valence-electron chi connectivity index (χ2n) is 8.61. The van der Waals surface area contributed by atoms with E-state index in [0.717, 1.165) is 29.2 Å². The van der Waals surface area contributed by atoms with Gasteiger partial charge in [-0.3, -0.25) is 4.79 Å². The molecule has 0 aliphatic carbocycles. The van der Waals surface area contributed by atoms with Crippen molar-refractivity contribution < 1.29 is 9.53 Å². The summed E-state index contributed by atoms with van der Waals surface area (Å²) in [6, 6.07) is 33.8. The van der Waals surface area contributed by atoms with Crippen molar-refractivity contribution in [3.8, 4) is 11.5 Å². The van der Waals surface area contributed by atoms with Crippen molar-refractivity contribution in [3.05, 3.63) is 138 Å². The zero-order valence-electron chi connectivity index (χ0n) is 19.2. The molecule has 4 nitrogen and oxygen atoms in total. The SMILES string of the molecule is O=C(c1ccc(N2C=CC(c3ccccc3)=CC2)cc1)N1Cc2ccccc2Oc2ccccc21. The molecule has 0 bridgehead atoms. The molecule has 0 radical (unpaired) electrons. The molecule has 0 fully saturated rings. The summed E-state index contributed by atoms with van der Waals surface area (Å²) in [6.07, 6.45) is 6.45. The Morgan fingerprint density at radius 2 is 1.46 bits per heavy atom. The van der Waals surface area contributed by atoms with Crippen LogP contribution in [0.2, 0.25) is 0 Å². The van der Waals surface area contributed by atoms with Crippen LogP contribution in [0, 0.1) is 0 Å². The number of benzene rings is 4. The molecule has 2 aliphatic heterocycles. The number of para-hydroxylation sites is 3. The fourth-order valence-electron chi connectivity index (χ4n) is 4.54. The van der Waals surface area contributed by atoms with Gasteiger partial charge < -0.3 is 14.5 Å². The van der Waals surface area contributed by atoms with Gasteiger partial charge in [0.2, 0.25) is 0 Å². The third-order valence-electron chi connectivity index (χ3n) is 6.42. The second kappa shape index (κ2) is 8.99. The third kappa shape index (κ3) is 4.11. The standard InChI is InChI=1S/C31H24N2O2/c34-31(33-22-26-10-4-6-12-29(26)35-30-13-7-5-11-28(30)33)25-14-16-27(17-15-25)32-20-18-24(19-21-32)23-8-2-1-3-9-23/h1-20H,21-22H2. The van der Waals surface area contributed by atoms with Gasteiger partial charge in [0.05, 0.1) is 12.2 Å². The molecule has 0 unspecified atom stereocenters. The van der Waals surface area contributed by atoms with E-state index in [1.54, 1.807) is 4.90 Å². The topological polar surface area (TPSA) is 32.8 Å². The number of nitrogens with zero attached hydrogens (tertiary/aromatic N) is 2. The summed E-state index contributed by atoms with van der Waals surface area (Å²) in [7, 11) is 0. The predicted octanol–water partition coefficient (Wildman–Crippen LogP) is 7.06. The lowest BCUT2D eigenvalue weighted by molar-refractivity contribution is 0.0985. The molecule has 0 saturated carbocycles. The average Bonchev–Trinajstić information content (AvgIpc) is 3.10. The van der Waals surface area contributed by atoms with E-state index in [9.17, 15) is 4.79 Å². The monoisotopic (exact) mass is 456 g/mol.